The maximum absolute atomic E-state index is 12.1. The van der Waals surface area contributed by atoms with Crippen LogP contribution in [0.4, 0.5) is 0 Å². The molecule has 0 aliphatic heterocycles. The third-order valence-electron chi connectivity index (χ3n) is 3.15. The lowest BCUT2D eigenvalue weighted by Crippen LogP contribution is -2.23. The second kappa shape index (κ2) is 4.86. The van der Waals surface area contributed by atoms with E-state index in [0.717, 1.165) is 12.5 Å². The topological polar surface area (TPSA) is 57.0 Å². The van der Waals surface area contributed by atoms with Gasteiger partial charge in [-0.2, -0.15) is 0 Å². The molecule has 0 spiro atoms. The van der Waals surface area contributed by atoms with Crippen LogP contribution in [0.1, 0.15) is 12.8 Å². The average Bonchev–Trinajstić information content (AvgIpc) is 3.21. The summed E-state index contributed by atoms with van der Waals surface area (Å²) in [6, 6.07) is 1.70. The molecule has 1 fully saturated rings. The van der Waals surface area contributed by atoms with Crippen molar-refractivity contribution in [3.63, 3.8) is 0 Å². The summed E-state index contributed by atoms with van der Waals surface area (Å²) < 4.78 is 7.12. The third-order valence-corrected chi connectivity index (χ3v) is 3.15. The highest BCUT2D eigenvalue weighted by atomic mass is 16.5. The van der Waals surface area contributed by atoms with Crippen LogP contribution in [0.5, 0.6) is 0 Å². The van der Waals surface area contributed by atoms with Crippen molar-refractivity contribution in [2.24, 2.45) is 5.92 Å². The van der Waals surface area contributed by atoms with Crippen molar-refractivity contribution in [2.75, 3.05) is 13.2 Å². The van der Waals surface area contributed by atoms with E-state index < -0.39 is 0 Å². The van der Waals surface area contributed by atoms with Gasteiger partial charge in [0.1, 0.15) is 0 Å². The number of rotatable bonds is 5. The van der Waals surface area contributed by atoms with E-state index in [4.69, 9.17) is 4.74 Å². The Labute approximate surface area is 104 Å². The molecule has 0 atom stereocenters. The van der Waals surface area contributed by atoms with Crippen molar-refractivity contribution in [1.82, 2.24) is 14.5 Å². The minimum atomic E-state index is -0.0302. The van der Waals surface area contributed by atoms with Crippen LogP contribution in [0.25, 0.3) is 10.9 Å². The van der Waals surface area contributed by atoms with Crippen molar-refractivity contribution in [3.8, 4) is 0 Å². The van der Waals surface area contributed by atoms with Gasteiger partial charge in [-0.05, 0) is 24.8 Å². The number of pyridine rings is 1. The first-order valence-electron chi connectivity index (χ1n) is 6.21. The fourth-order valence-corrected chi connectivity index (χ4v) is 1.87. The van der Waals surface area contributed by atoms with Crippen LogP contribution in [0, 0.1) is 5.92 Å². The number of nitrogens with zero attached hydrogens (tertiary/aromatic N) is 3. The standard InChI is InChI=1S/C13H15N3O2/c17-13-11-3-4-14-7-12(11)15-9-16(13)5-6-18-8-10-1-2-10/h3-4,7,9-10H,1-2,5-6,8H2. The molecule has 0 bridgehead atoms. The summed E-state index contributed by atoms with van der Waals surface area (Å²) in [4.78, 5) is 20.3. The normalized spacial score (nSPS) is 15.1. The molecule has 0 N–H and O–H groups in total. The Kier molecular flexibility index (Phi) is 3.06. The van der Waals surface area contributed by atoms with E-state index in [1.165, 1.54) is 12.8 Å². The number of ether oxygens (including phenoxy) is 1. The van der Waals surface area contributed by atoms with Crippen molar-refractivity contribution in [2.45, 2.75) is 19.4 Å². The van der Waals surface area contributed by atoms with Gasteiger partial charge in [0.25, 0.3) is 5.56 Å². The molecule has 2 aromatic heterocycles. The van der Waals surface area contributed by atoms with E-state index in [2.05, 4.69) is 9.97 Å². The minimum absolute atomic E-state index is 0.0302. The summed E-state index contributed by atoms with van der Waals surface area (Å²) in [7, 11) is 0. The number of aromatic nitrogens is 3. The van der Waals surface area contributed by atoms with Crippen molar-refractivity contribution < 1.29 is 4.74 Å². The van der Waals surface area contributed by atoms with Crippen LogP contribution < -0.4 is 5.56 Å². The second-order valence-electron chi connectivity index (χ2n) is 4.65. The highest BCUT2D eigenvalue weighted by molar-refractivity contribution is 5.75. The lowest BCUT2D eigenvalue weighted by atomic mass is 10.3. The molecular formula is C13H15N3O2. The van der Waals surface area contributed by atoms with Gasteiger partial charge in [-0.25, -0.2) is 4.98 Å². The van der Waals surface area contributed by atoms with Crippen LogP contribution in [0.2, 0.25) is 0 Å². The van der Waals surface area contributed by atoms with Crippen molar-refractivity contribution in [3.05, 3.63) is 35.1 Å². The zero-order chi connectivity index (χ0) is 12.4. The molecule has 3 rings (SSSR count). The largest absolute Gasteiger partial charge is 0.379 e. The Bertz CT molecular complexity index is 604. The molecule has 0 unspecified atom stereocenters. The average molecular weight is 245 g/mol. The van der Waals surface area contributed by atoms with Crippen molar-refractivity contribution >= 4 is 10.9 Å². The van der Waals surface area contributed by atoms with Crippen LogP contribution in [0.3, 0.4) is 0 Å². The lowest BCUT2D eigenvalue weighted by Gasteiger charge is -2.06. The number of hydrogen-bond donors (Lipinski definition) is 0. The van der Waals surface area contributed by atoms with Gasteiger partial charge >= 0.3 is 0 Å². The van der Waals surface area contributed by atoms with Gasteiger partial charge in [0.2, 0.25) is 0 Å². The first-order chi connectivity index (χ1) is 8.84. The quantitative estimate of drug-likeness (QED) is 0.743. The number of fused-ring (bicyclic) bond motifs is 1. The molecule has 1 saturated carbocycles. The molecule has 0 amide bonds. The van der Waals surface area contributed by atoms with Gasteiger partial charge in [0.05, 0.1) is 36.6 Å². The summed E-state index contributed by atoms with van der Waals surface area (Å²) in [5.41, 5.74) is 0.607. The molecule has 5 heteroatoms. The molecule has 5 nitrogen and oxygen atoms in total. The van der Waals surface area contributed by atoms with Gasteiger partial charge in [0.15, 0.2) is 0 Å². The molecule has 94 valence electrons. The second-order valence-corrected chi connectivity index (χ2v) is 4.65. The van der Waals surface area contributed by atoms with E-state index in [-0.39, 0.29) is 5.56 Å². The maximum atomic E-state index is 12.1. The Morgan fingerprint density at radius 3 is 3.17 bits per heavy atom. The summed E-state index contributed by atoms with van der Waals surface area (Å²) in [6.45, 7) is 1.94. The highest BCUT2D eigenvalue weighted by Crippen LogP contribution is 2.28. The molecular weight excluding hydrogens is 230 g/mol. The molecule has 0 aromatic carbocycles. The molecule has 0 radical (unpaired) electrons. The SMILES string of the molecule is O=c1c2ccncc2ncn1CCOCC1CC1. The molecule has 18 heavy (non-hydrogen) atoms. The Hall–Kier alpha value is -1.75. The number of hydrogen-bond acceptors (Lipinski definition) is 4. The zero-order valence-electron chi connectivity index (χ0n) is 10.1. The summed E-state index contributed by atoms with van der Waals surface area (Å²) in [5.74, 6) is 0.752. The predicted octanol–water partition coefficient (Wildman–Crippen LogP) is 1.22. The smallest absolute Gasteiger partial charge is 0.261 e. The van der Waals surface area contributed by atoms with E-state index in [1.807, 2.05) is 0 Å². The van der Waals surface area contributed by atoms with Crippen LogP contribution >= 0.6 is 0 Å². The van der Waals surface area contributed by atoms with E-state index in [0.29, 0.717) is 24.1 Å². The fraction of sp³-hybridized carbons (Fsp3) is 0.462. The van der Waals surface area contributed by atoms with Crippen LogP contribution in [0.15, 0.2) is 29.6 Å². The van der Waals surface area contributed by atoms with Gasteiger partial charge in [-0.3, -0.25) is 14.3 Å². The van der Waals surface area contributed by atoms with Gasteiger partial charge < -0.3 is 4.74 Å². The Morgan fingerprint density at radius 1 is 1.44 bits per heavy atom. The first-order valence-corrected chi connectivity index (χ1v) is 6.21. The highest BCUT2D eigenvalue weighted by Gasteiger charge is 2.20. The maximum Gasteiger partial charge on any atom is 0.261 e. The summed E-state index contributed by atoms with van der Waals surface area (Å²) in [5, 5.41) is 0.606. The predicted molar refractivity (Wildman–Crippen MR) is 67.3 cm³/mol. The molecule has 1 aliphatic rings. The zero-order valence-corrected chi connectivity index (χ0v) is 10.1. The minimum Gasteiger partial charge on any atom is -0.379 e. The van der Waals surface area contributed by atoms with Gasteiger partial charge in [-0.1, -0.05) is 0 Å². The monoisotopic (exact) mass is 245 g/mol. The van der Waals surface area contributed by atoms with Crippen LogP contribution in [-0.2, 0) is 11.3 Å². The molecule has 0 saturated heterocycles. The molecule has 2 aromatic rings. The van der Waals surface area contributed by atoms with Crippen LogP contribution in [-0.4, -0.2) is 27.7 Å². The summed E-state index contributed by atoms with van der Waals surface area (Å²) >= 11 is 0. The molecule has 2 heterocycles. The first kappa shape index (κ1) is 11.3. The van der Waals surface area contributed by atoms with E-state index >= 15 is 0 Å². The third kappa shape index (κ3) is 2.41. The lowest BCUT2D eigenvalue weighted by molar-refractivity contribution is 0.116. The van der Waals surface area contributed by atoms with Gasteiger partial charge in [-0.15, -0.1) is 0 Å². The fourth-order valence-electron chi connectivity index (χ4n) is 1.87. The Balaban J connectivity index is 1.71. The molecule has 1 aliphatic carbocycles. The van der Waals surface area contributed by atoms with E-state index in [1.54, 1.807) is 29.4 Å². The summed E-state index contributed by atoms with van der Waals surface area (Å²) in [6.07, 6.45) is 7.34. The van der Waals surface area contributed by atoms with Crippen molar-refractivity contribution in [1.29, 1.82) is 0 Å². The van der Waals surface area contributed by atoms with Gasteiger partial charge in [0, 0.05) is 12.8 Å². The van der Waals surface area contributed by atoms with E-state index in [9.17, 15) is 4.79 Å². The Morgan fingerprint density at radius 2 is 2.33 bits per heavy atom.